The first-order valence-electron chi connectivity index (χ1n) is 6.50. The van der Waals surface area contributed by atoms with Crippen LogP contribution in [-0.2, 0) is 5.41 Å². The minimum Gasteiger partial charge on any atom is -0.346 e. The Kier molecular flexibility index (Phi) is 2.62. The minimum absolute atomic E-state index is 0.0253. The normalized spacial score (nSPS) is 31.6. The summed E-state index contributed by atoms with van der Waals surface area (Å²) in [6.07, 6.45) is 5.03. The Labute approximate surface area is 105 Å². The lowest BCUT2D eigenvalue weighted by Gasteiger charge is -2.23. The van der Waals surface area contributed by atoms with Crippen molar-refractivity contribution in [3.05, 3.63) is 11.7 Å². The molecule has 1 aromatic rings. The molecular weight excluding hydrogens is 232 g/mol. The second kappa shape index (κ2) is 4.05. The Bertz CT molecular complexity index is 468. The summed E-state index contributed by atoms with van der Waals surface area (Å²) in [5.41, 5.74) is 5.81. The second-order valence-corrected chi connectivity index (χ2v) is 5.59. The minimum atomic E-state index is -0.287. The number of nitrogens with zero attached hydrogens (tertiary/aromatic N) is 2. The predicted octanol–water partition coefficient (Wildman–Crippen LogP) is 0.731. The van der Waals surface area contributed by atoms with E-state index in [9.17, 15) is 4.79 Å². The highest BCUT2D eigenvalue weighted by atomic mass is 16.5. The zero-order valence-electron chi connectivity index (χ0n) is 10.5. The van der Waals surface area contributed by atoms with Gasteiger partial charge < -0.3 is 15.6 Å². The molecule has 6 nitrogen and oxygen atoms in total. The molecule has 2 fully saturated rings. The fourth-order valence-electron chi connectivity index (χ4n) is 2.48. The van der Waals surface area contributed by atoms with Crippen molar-refractivity contribution in [1.82, 2.24) is 15.5 Å². The predicted molar refractivity (Wildman–Crippen MR) is 64.0 cm³/mol. The van der Waals surface area contributed by atoms with Crippen molar-refractivity contribution in [2.45, 2.75) is 56.5 Å². The van der Waals surface area contributed by atoms with Gasteiger partial charge in [-0.3, -0.25) is 4.79 Å². The first kappa shape index (κ1) is 11.6. The van der Waals surface area contributed by atoms with E-state index in [2.05, 4.69) is 15.5 Å². The van der Waals surface area contributed by atoms with Crippen LogP contribution < -0.4 is 11.1 Å². The number of amides is 1. The molecule has 0 aromatic carbocycles. The van der Waals surface area contributed by atoms with Gasteiger partial charge in [0, 0.05) is 12.1 Å². The summed E-state index contributed by atoms with van der Waals surface area (Å²) in [7, 11) is 0. The number of aromatic nitrogens is 2. The molecule has 1 aromatic heterocycles. The number of nitrogens with one attached hydrogen (secondary N) is 1. The van der Waals surface area contributed by atoms with Gasteiger partial charge in [0.1, 0.15) is 0 Å². The van der Waals surface area contributed by atoms with Gasteiger partial charge in [0.25, 0.3) is 11.7 Å². The lowest BCUT2D eigenvalue weighted by molar-refractivity contribution is 0.0937. The van der Waals surface area contributed by atoms with E-state index >= 15 is 0 Å². The maximum atomic E-state index is 11.8. The maximum absolute atomic E-state index is 11.8. The summed E-state index contributed by atoms with van der Waals surface area (Å²) >= 11 is 0. The highest BCUT2D eigenvalue weighted by Crippen LogP contribution is 2.38. The Hall–Kier alpha value is -1.43. The van der Waals surface area contributed by atoms with Crippen molar-refractivity contribution < 1.29 is 9.32 Å². The van der Waals surface area contributed by atoms with E-state index in [1.54, 1.807) is 0 Å². The van der Waals surface area contributed by atoms with Crippen molar-refractivity contribution >= 4 is 5.91 Å². The SMILES string of the molecule is CC1(c2nc(C(=O)NC3CC3)no2)CCCC1N. The Morgan fingerprint density at radius 2 is 2.28 bits per heavy atom. The monoisotopic (exact) mass is 250 g/mol. The van der Waals surface area contributed by atoms with Gasteiger partial charge in [-0.1, -0.05) is 11.6 Å². The lowest BCUT2D eigenvalue weighted by atomic mass is 9.85. The van der Waals surface area contributed by atoms with Gasteiger partial charge in [0.15, 0.2) is 0 Å². The maximum Gasteiger partial charge on any atom is 0.292 e. The number of nitrogens with two attached hydrogens (primary N) is 1. The second-order valence-electron chi connectivity index (χ2n) is 5.59. The third-order valence-corrected chi connectivity index (χ3v) is 4.06. The van der Waals surface area contributed by atoms with Crippen LogP contribution in [0.25, 0.3) is 0 Å². The molecular formula is C12H18N4O2. The summed E-state index contributed by atoms with van der Waals surface area (Å²) < 4.78 is 5.24. The smallest absolute Gasteiger partial charge is 0.292 e. The molecule has 2 aliphatic carbocycles. The van der Waals surface area contributed by atoms with E-state index in [1.807, 2.05) is 6.92 Å². The Balaban J connectivity index is 1.78. The average molecular weight is 250 g/mol. The molecule has 3 N–H and O–H groups in total. The van der Waals surface area contributed by atoms with E-state index in [-0.39, 0.29) is 23.2 Å². The molecule has 2 atom stereocenters. The van der Waals surface area contributed by atoms with Crippen molar-refractivity contribution in [2.75, 3.05) is 0 Å². The number of hydrogen-bond donors (Lipinski definition) is 2. The van der Waals surface area contributed by atoms with Crippen molar-refractivity contribution in [3.8, 4) is 0 Å². The van der Waals surface area contributed by atoms with Crippen LogP contribution in [0, 0.1) is 0 Å². The molecule has 0 aliphatic heterocycles. The molecule has 18 heavy (non-hydrogen) atoms. The third kappa shape index (κ3) is 1.90. The largest absolute Gasteiger partial charge is 0.346 e. The molecule has 0 spiro atoms. The standard InChI is InChI=1S/C12H18N4O2/c1-12(6-2-3-8(12)13)11-15-9(16-18-11)10(17)14-7-4-5-7/h7-8H,2-6,13H2,1H3,(H,14,17). The van der Waals surface area contributed by atoms with Gasteiger partial charge in [-0.25, -0.2) is 0 Å². The van der Waals surface area contributed by atoms with Crippen molar-refractivity contribution in [3.63, 3.8) is 0 Å². The average Bonchev–Trinajstić information content (AvgIpc) is 2.90. The van der Waals surface area contributed by atoms with Crippen LogP contribution in [0.5, 0.6) is 0 Å². The topological polar surface area (TPSA) is 94.0 Å². The highest BCUT2D eigenvalue weighted by Gasteiger charge is 2.43. The number of hydrogen-bond acceptors (Lipinski definition) is 5. The third-order valence-electron chi connectivity index (χ3n) is 4.06. The molecule has 2 aliphatic rings. The van der Waals surface area contributed by atoms with Crippen LogP contribution in [0.4, 0.5) is 0 Å². The van der Waals surface area contributed by atoms with Gasteiger partial charge in [0.05, 0.1) is 5.41 Å². The number of carbonyl (C=O) groups is 1. The fourth-order valence-corrected chi connectivity index (χ4v) is 2.48. The molecule has 3 rings (SSSR count). The van der Waals surface area contributed by atoms with Crippen LogP contribution in [0.3, 0.4) is 0 Å². The van der Waals surface area contributed by atoms with E-state index in [0.717, 1.165) is 32.1 Å². The number of carbonyl (C=O) groups excluding carboxylic acids is 1. The molecule has 0 saturated heterocycles. The van der Waals surface area contributed by atoms with Gasteiger partial charge in [0.2, 0.25) is 5.89 Å². The fraction of sp³-hybridized carbons (Fsp3) is 0.750. The van der Waals surface area contributed by atoms with Crippen LogP contribution in [0.1, 0.15) is 55.5 Å². The molecule has 6 heteroatoms. The molecule has 0 radical (unpaired) electrons. The summed E-state index contributed by atoms with van der Waals surface area (Å²) in [6.45, 7) is 2.03. The lowest BCUT2D eigenvalue weighted by Crippen LogP contribution is -2.38. The summed E-state index contributed by atoms with van der Waals surface area (Å²) in [5, 5.41) is 6.61. The van der Waals surface area contributed by atoms with Gasteiger partial charge in [-0.15, -0.1) is 0 Å². The van der Waals surface area contributed by atoms with Crippen LogP contribution in [-0.4, -0.2) is 28.1 Å². The quantitative estimate of drug-likeness (QED) is 0.824. The molecule has 98 valence electrons. The summed E-state index contributed by atoms with van der Waals surface area (Å²) in [6, 6.07) is 0.320. The summed E-state index contributed by atoms with van der Waals surface area (Å²) in [5.74, 6) is 0.369. The zero-order chi connectivity index (χ0) is 12.8. The summed E-state index contributed by atoms with van der Waals surface area (Å²) in [4.78, 5) is 16.0. The van der Waals surface area contributed by atoms with Gasteiger partial charge >= 0.3 is 0 Å². The molecule has 0 bridgehead atoms. The van der Waals surface area contributed by atoms with Gasteiger partial charge in [-0.2, -0.15) is 4.98 Å². The molecule has 1 heterocycles. The van der Waals surface area contributed by atoms with Crippen LogP contribution in [0.15, 0.2) is 4.52 Å². The van der Waals surface area contributed by atoms with Gasteiger partial charge in [-0.05, 0) is 32.6 Å². The van der Waals surface area contributed by atoms with E-state index in [4.69, 9.17) is 10.3 Å². The zero-order valence-corrected chi connectivity index (χ0v) is 10.5. The number of rotatable bonds is 3. The van der Waals surface area contributed by atoms with Crippen molar-refractivity contribution in [2.24, 2.45) is 5.73 Å². The van der Waals surface area contributed by atoms with Crippen LogP contribution >= 0.6 is 0 Å². The van der Waals surface area contributed by atoms with Crippen LogP contribution in [0.2, 0.25) is 0 Å². The molecule has 2 saturated carbocycles. The first-order valence-corrected chi connectivity index (χ1v) is 6.50. The van der Waals surface area contributed by atoms with E-state index in [1.165, 1.54) is 0 Å². The Morgan fingerprint density at radius 3 is 2.89 bits per heavy atom. The first-order chi connectivity index (χ1) is 8.59. The Morgan fingerprint density at radius 1 is 1.50 bits per heavy atom. The molecule has 2 unspecified atom stereocenters. The van der Waals surface area contributed by atoms with E-state index in [0.29, 0.717) is 11.9 Å². The molecule has 1 amide bonds. The highest BCUT2D eigenvalue weighted by molar-refractivity contribution is 5.90. The van der Waals surface area contributed by atoms with Crippen molar-refractivity contribution in [1.29, 1.82) is 0 Å². The van der Waals surface area contributed by atoms with E-state index < -0.39 is 0 Å².